The quantitative estimate of drug-likeness (QED) is 0.556. The van der Waals surface area contributed by atoms with Crippen molar-refractivity contribution in [2.24, 2.45) is 4.99 Å². The third kappa shape index (κ3) is 4.09. The molecular weight excluding hydrogens is 430 g/mol. The van der Waals surface area contributed by atoms with E-state index in [9.17, 15) is 13.2 Å². The lowest BCUT2D eigenvalue weighted by atomic mass is 10.1. The Morgan fingerprint density at radius 3 is 2.55 bits per heavy atom. The first-order chi connectivity index (χ1) is 14.7. The van der Waals surface area contributed by atoms with Crippen molar-refractivity contribution in [2.45, 2.75) is 44.2 Å². The summed E-state index contributed by atoms with van der Waals surface area (Å²) < 4.78 is 29.6. The predicted octanol–water partition coefficient (Wildman–Crippen LogP) is 3.48. The van der Waals surface area contributed by atoms with Gasteiger partial charge in [0.15, 0.2) is 4.80 Å². The van der Waals surface area contributed by atoms with Crippen molar-refractivity contribution in [1.82, 2.24) is 8.87 Å². The molecule has 0 N–H and O–H groups in total. The van der Waals surface area contributed by atoms with Gasteiger partial charge in [-0.15, -0.1) is 6.42 Å². The van der Waals surface area contributed by atoms with Crippen LogP contribution in [0, 0.1) is 26.2 Å². The highest BCUT2D eigenvalue weighted by Crippen LogP contribution is 2.30. The monoisotopic (exact) mass is 453 g/mol. The molecule has 0 aliphatic heterocycles. The van der Waals surface area contributed by atoms with Crippen LogP contribution in [-0.2, 0) is 16.6 Å². The summed E-state index contributed by atoms with van der Waals surface area (Å²) in [4.78, 5) is 17.8. The summed E-state index contributed by atoms with van der Waals surface area (Å²) in [6.45, 7) is 4.34. The molecule has 1 fully saturated rings. The van der Waals surface area contributed by atoms with Crippen LogP contribution in [0.25, 0.3) is 10.2 Å². The smallest absolute Gasteiger partial charge is 0.279 e. The summed E-state index contributed by atoms with van der Waals surface area (Å²) in [5, 5.41) is 0. The van der Waals surface area contributed by atoms with Crippen molar-refractivity contribution in [3.05, 3.63) is 57.9 Å². The van der Waals surface area contributed by atoms with Gasteiger partial charge in [0.05, 0.1) is 21.7 Å². The lowest BCUT2D eigenvalue weighted by Crippen LogP contribution is -2.28. The van der Waals surface area contributed by atoms with Crippen molar-refractivity contribution in [3.63, 3.8) is 0 Å². The number of rotatable bonds is 5. The number of hydrogen-bond acceptors (Lipinski definition) is 4. The average Bonchev–Trinajstić information content (AvgIpc) is 3.53. The van der Waals surface area contributed by atoms with Crippen molar-refractivity contribution < 1.29 is 13.2 Å². The van der Waals surface area contributed by atoms with Gasteiger partial charge < -0.3 is 4.57 Å². The summed E-state index contributed by atoms with van der Waals surface area (Å²) >= 11 is 1.42. The van der Waals surface area contributed by atoms with Gasteiger partial charge >= 0.3 is 0 Å². The number of carbonyl (C=O) groups excluding carboxylic acids is 1. The first-order valence-corrected chi connectivity index (χ1v) is 12.2. The molecule has 4 rings (SSSR count). The third-order valence-corrected chi connectivity index (χ3v) is 8.55. The summed E-state index contributed by atoms with van der Waals surface area (Å²) in [5.74, 6) is 2.19. The highest BCUT2D eigenvalue weighted by molar-refractivity contribution is 7.89. The Hall–Kier alpha value is -2.73. The van der Waals surface area contributed by atoms with E-state index in [2.05, 4.69) is 17.0 Å². The molecule has 1 heterocycles. The summed E-state index contributed by atoms with van der Waals surface area (Å²) in [6.07, 6.45) is 7.32. The number of benzene rings is 2. The van der Waals surface area contributed by atoms with Gasteiger partial charge in [0.2, 0.25) is 10.0 Å². The Morgan fingerprint density at radius 1 is 1.26 bits per heavy atom. The van der Waals surface area contributed by atoms with E-state index in [-0.39, 0.29) is 10.9 Å². The van der Waals surface area contributed by atoms with Crippen LogP contribution < -0.4 is 4.80 Å². The first kappa shape index (κ1) is 21.5. The van der Waals surface area contributed by atoms with E-state index >= 15 is 0 Å². The second-order valence-corrected chi connectivity index (χ2v) is 10.8. The van der Waals surface area contributed by atoms with Gasteiger partial charge in [-0.3, -0.25) is 4.79 Å². The fourth-order valence-electron chi connectivity index (χ4n) is 3.56. The minimum atomic E-state index is -3.55. The van der Waals surface area contributed by atoms with Crippen LogP contribution in [0.1, 0.15) is 34.3 Å². The molecule has 1 saturated carbocycles. The maximum Gasteiger partial charge on any atom is 0.279 e. The number of hydrogen-bond donors (Lipinski definition) is 0. The fraction of sp³-hybridized carbons (Fsp3) is 0.304. The van der Waals surface area contributed by atoms with Crippen LogP contribution in [-0.4, -0.2) is 36.3 Å². The topological polar surface area (TPSA) is 71.7 Å². The Kier molecular flexibility index (Phi) is 5.60. The molecule has 1 aliphatic rings. The minimum Gasteiger partial charge on any atom is -0.305 e. The number of carbonyl (C=O) groups is 1. The Morgan fingerprint density at radius 2 is 1.94 bits per heavy atom. The zero-order chi connectivity index (χ0) is 22.3. The van der Waals surface area contributed by atoms with Gasteiger partial charge in [-0.25, -0.2) is 8.42 Å². The molecule has 3 aromatic rings. The van der Waals surface area contributed by atoms with Crippen LogP contribution in [0.3, 0.4) is 0 Å². The van der Waals surface area contributed by atoms with E-state index in [4.69, 9.17) is 6.42 Å². The molecular formula is C23H23N3O3S2. The van der Waals surface area contributed by atoms with Gasteiger partial charge in [-0.2, -0.15) is 9.30 Å². The number of nitrogens with zero attached hydrogens (tertiary/aromatic N) is 3. The van der Waals surface area contributed by atoms with E-state index in [0.29, 0.717) is 16.9 Å². The molecule has 1 aliphatic carbocycles. The highest BCUT2D eigenvalue weighted by Gasteiger charge is 2.35. The molecule has 0 spiro atoms. The maximum atomic E-state index is 12.8. The number of amides is 1. The molecule has 0 saturated heterocycles. The molecule has 1 aromatic heterocycles. The molecule has 1 amide bonds. The molecule has 0 bridgehead atoms. The molecule has 0 atom stereocenters. The number of thiazole rings is 1. The fourth-order valence-corrected chi connectivity index (χ4v) is 6.06. The largest absolute Gasteiger partial charge is 0.305 e. The van der Waals surface area contributed by atoms with Crippen molar-refractivity contribution in [1.29, 1.82) is 0 Å². The predicted molar refractivity (Wildman–Crippen MR) is 122 cm³/mol. The zero-order valence-electron chi connectivity index (χ0n) is 17.6. The van der Waals surface area contributed by atoms with Crippen LogP contribution in [0.2, 0.25) is 0 Å². The van der Waals surface area contributed by atoms with Gasteiger partial charge in [-0.1, -0.05) is 23.3 Å². The Balaban J connectivity index is 1.71. The number of sulfonamides is 1. The normalized spacial score (nSPS) is 14.9. The molecule has 0 unspecified atom stereocenters. The summed E-state index contributed by atoms with van der Waals surface area (Å²) in [5.41, 5.74) is 3.50. The Bertz CT molecular complexity index is 1390. The molecule has 0 radical (unpaired) electrons. The first-order valence-electron chi connectivity index (χ1n) is 9.93. The SMILES string of the molecule is C#CCn1c(=NC(=O)c2ccc(S(=O)(=O)N(C)C3CC3)cc2)sc2c(C)cc(C)cc21. The third-order valence-electron chi connectivity index (χ3n) is 5.40. The van der Waals surface area contributed by atoms with Crippen LogP contribution in [0.5, 0.6) is 0 Å². The highest BCUT2D eigenvalue weighted by atomic mass is 32.2. The zero-order valence-corrected chi connectivity index (χ0v) is 19.3. The van der Waals surface area contributed by atoms with Crippen molar-refractivity contribution in [3.8, 4) is 12.3 Å². The van der Waals surface area contributed by atoms with E-state index < -0.39 is 15.9 Å². The molecule has 8 heteroatoms. The maximum absolute atomic E-state index is 12.8. The van der Waals surface area contributed by atoms with E-state index in [1.807, 2.05) is 24.5 Å². The second-order valence-electron chi connectivity index (χ2n) is 7.80. The van der Waals surface area contributed by atoms with Gasteiger partial charge in [0.1, 0.15) is 0 Å². The second kappa shape index (κ2) is 8.08. The van der Waals surface area contributed by atoms with E-state index in [1.165, 1.54) is 39.9 Å². The van der Waals surface area contributed by atoms with Gasteiger partial charge in [0.25, 0.3) is 5.91 Å². The van der Waals surface area contributed by atoms with Crippen LogP contribution in [0.4, 0.5) is 0 Å². The van der Waals surface area contributed by atoms with Crippen LogP contribution >= 0.6 is 11.3 Å². The lowest BCUT2D eigenvalue weighted by molar-refractivity contribution is 0.0998. The van der Waals surface area contributed by atoms with E-state index in [0.717, 1.165) is 34.2 Å². The number of terminal acetylenes is 1. The van der Waals surface area contributed by atoms with Crippen molar-refractivity contribution in [2.75, 3.05) is 7.05 Å². The van der Waals surface area contributed by atoms with Crippen LogP contribution in [0.15, 0.2) is 46.3 Å². The Labute approximate surface area is 185 Å². The van der Waals surface area contributed by atoms with E-state index in [1.54, 1.807) is 7.05 Å². The number of fused-ring (bicyclic) bond motifs is 1. The standard InChI is InChI=1S/C23H23N3O3S2/c1-5-12-26-20-14-15(2)13-16(3)21(20)30-23(26)24-22(27)17-6-10-19(11-7-17)31(28,29)25(4)18-8-9-18/h1,6-7,10-11,13-14,18H,8-9,12H2,2-4H3. The van der Waals surface area contributed by atoms with Gasteiger partial charge in [-0.05, 0) is 68.1 Å². The summed E-state index contributed by atoms with van der Waals surface area (Å²) in [7, 11) is -1.96. The molecule has 2 aromatic carbocycles. The van der Waals surface area contributed by atoms with Gasteiger partial charge in [0, 0.05) is 18.7 Å². The molecule has 6 nitrogen and oxygen atoms in total. The summed E-state index contributed by atoms with van der Waals surface area (Å²) in [6, 6.07) is 10.1. The lowest BCUT2D eigenvalue weighted by Gasteiger charge is -2.16. The van der Waals surface area contributed by atoms with Crippen molar-refractivity contribution >= 4 is 37.5 Å². The number of aryl methyl sites for hydroxylation is 2. The average molecular weight is 454 g/mol. The number of aromatic nitrogens is 1. The molecule has 31 heavy (non-hydrogen) atoms. The minimum absolute atomic E-state index is 0.0768. The molecule has 160 valence electrons.